The van der Waals surface area contributed by atoms with Gasteiger partial charge < -0.3 is 9.84 Å². The normalized spacial score (nSPS) is 11.9. The maximum Gasteiger partial charge on any atom is 0.338 e. The van der Waals surface area contributed by atoms with Crippen LogP contribution in [0.5, 0.6) is 0 Å². The molecule has 0 aliphatic rings. The van der Waals surface area contributed by atoms with E-state index in [1.54, 1.807) is 23.9 Å². The Bertz CT molecular complexity index is 619. The summed E-state index contributed by atoms with van der Waals surface area (Å²) in [6, 6.07) is 5.10. The molecule has 0 bridgehead atoms. The number of benzene rings is 1. The van der Waals surface area contributed by atoms with Gasteiger partial charge in [0.05, 0.1) is 11.1 Å². The smallest absolute Gasteiger partial charge is 0.338 e. The molecule has 0 spiro atoms. The molecule has 1 aromatic heterocycles. The van der Waals surface area contributed by atoms with Crippen LogP contribution in [0.25, 0.3) is 11.0 Å². The van der Waals surface area contributed by atoms with Gasteiger partial charge in [-0.05, 0) is 24.0 Å². The lowest BCUT2D eigenvalue weighted by Gasteiger charge is -2.24. The van der Waals surface area contributed by atoms with Crippen LogP contribution < -0.4 is 0 Å². The molecule has 0 radical (unpaired) electrons. The number of nitrogens with zero attached hydrogens (tertiary/aromatic N) is 3. The van der Waals surface area contributed by atoms with E-state index in [9.17, 15) is 4.79 Å². The Morgan fingerprint density at radius 3 is 2.85 bits per heavy atom. The maximum atomic E-state index is 11.2. The maximum absolute atomic E-state index is 11.2. The van der Waals surface area contributed by atoms with Gasteiger partial charge in [0.2, 0.25) is 0 Å². The molecule has 0 aliphatic heterocycles. The Labute approximate surface area is 117 Å². The van der Waals surface area contributed by atoms with Gasteiger partial charge in [-0.25, -0.2) is 9.48 Å². The minimum atomic E-state index is -0.985. The summed E-state index contributed by atoms with van der Waals surface area (Å²) < 4.78 is 6.87. The van der Waals surface area contributed by atoms with Gasteiger partial charge in [0, 0.05) is 20.3 Å². The topological polar surface area (TPSA) is 77.2 Å². The minimum Gasteiger partial charge on any atom is -0.478 e. The summed E-state index contributed by atoms with van der Waals surface area (Å²) in [6.07, 6.45) is 0.892. The zero-order valence-corrected chi connectivity index (χ0v) is 12.0. The van der Waals surface area contributed by atoms with Crippen molar-refractivity contribution >= 4 is 17.0 Å². The summed E-state index contributed by atoms with van der Waals surface area (Å²) in [4.78, 5) is 11.2. The lowest BCUT2D eigenvalue weighted by Crippen LogP contribution is -2.22. The van der Waals surface area contributed by atoms with Crippen molar-refractivity contribution in [2.45, 2.75) is 26.8 Å². The second-order valence-corrected chi connectivity index (χ2v) is 5.63. The van der Waals surface area contributed by atoms with Gasteiger partial charge in [-0.2, -0.15) is 0 Å². The third-order valence-corrected chi connectivity index (χ3v) is 3.34. The van der Waals surface area contributed by atoms with Crippen LogP contribution in [0.2, 0.25) is 0 Å². The van der Waals surface area contributed by atoms with Gasteiger partial charge in [-0.3, -0.25) is 0 Å². The van der Waals surface area contributed by atoms with E-state index in [2.05, 4.69) is 24.2 Å². The quantitative estimate of drug-likeness (QED) is 0.875. The Morgan fingerprint density at radius 2 is 2.20 bits per heavy atom. The molecule has 2 rings (SSSR count). The van der Waals surface area contributed by atoms with E-state index in [1.165, 1.54) is 0 Å². The van der Waals surface area contributed by atoms with Gasteiger partial charge in [-0.15, -0.1) is 5.10 Å². The van der Waals surface area contributed by atoms with E-state index in [1.807, 2.05) is 6.07 Å². The lowest BCUT2D eigenvalue weighted by molar-refractivity contribution is 0.0699. The van der Waals surface area contributed by atoms with E-state index in [4.69, 9.17) is 9.84 Å². The van der Waals surface area contributed by atoms with Crippen molar-refractivity contribution in [2.24, 2.45) is 5.41 Å². The highest BCUT2D eigenvalue weighted by Crippen LogP contribution is 2.25. The van der Waals surface area contributed by atoms with Gasteiger partial charge in [0.1, 0.15) is 5.52 Å². The van der Waals surface area contributed by atoms with Crippen molar-refractivity contribution in [1.82, 2.24) is 15.0 Å². The number of carboxylic acid groups (broad SMARTS) is 1. The summed E-state index contributed by atoms with van der Waals surface area (Å²) in [5.74, 6) is -0.985. The fraction of sp³-hybridized carbons (Fsp3) is 0.500. The molecule has 20 heavy (non-hydrogen) atoms. The molecule has 6 nitrogen and oxygen atoms in total. The fourth-order valence-corrected chi connectivity index (χ4v) is 2.14. The van der Waals surface area contributed by atoms with E-state index in [0.29, 0.717) is 18.7 Å². The molecule has 0 fully saturated rings. The SMILES string of the molecule is COCCC(C)(C)Cn1nnc2c(C(=O)O)cccc21. The molecule has 0 saturated carbocycles. The van der Waals surface area contributed by atoms with Crippen molar-refractivity contribution in [3.8, 4) is 0 Å². The van der Waals surface area contributed by atoms with Gasteiger partial charge in [-0.1, -0.05) is 25.1 Å². The third-order valence-electron chi connectivity index (χ3n) is 3.34. The van der Waals surface area contributed by atoms with Crippen LogP contribution in [0.3, 0.4) is 0 Å². The van der Waals surface area contributed by atoms with Crippen LogP contribution in [-0.2, 0) is 11.3 Å². The van der Waals surface area contributed by atoms with Crippen LogP contribution in [0.15, 0.2) is 18.2 Å². The predicted molar refractivity (Wildman–Crippen MR) is 74.8 cm³/mol. The molecule has 0 saturated heterocycles. The highest BCUT2D eigenvalue weighted by molar-refractivity contribution is 6.00. The Kier molecular flexibility index (Phi) is 4.04. The number of carboxylic acids is 1. The van der Waals surface area contributed by atoms with E-state index in [-0.39, 0.29) is 11.0 Å². The number of methoxy groups -OCH3 is 1. The molecular weight excluding hydrogens is 258 g/mol. The van der Waals surface area contributed by atoms with Gasteiger partial charge in [0.25, 0.3) is 0 Å². The number of aromatic nitrogens is 3. The zero-order valence-electron chi connectivity index (χ0n) is 12.0. The molecule has 6 heteroatoms. The fourth-order valence-electron chi connectivity index (χ4n) is 2.14. The molecule has 1 aromatic carbocycles. The molecule has 2 aromatic rings. The Hall–Kier alpha value is -1.95. The molecule has 0 amide bonds. The lowest BCUT2D eigenvalue weighted by atomic mass is 9.90. The van der Waals surface area contributed by atoms with E-state index < -0.39 is 5.97 Å². The predicted octanol–water partition coefficient (Wildman–Crippen LogP) is 2.19. The average Bonchev–Trinajstić information content (AvgIpc) is 2.79. The summed E-state index contributed by atoms with van der Waals surface area (Å²) >= 11 is 0. The van der Waals surface area contributed by atoms with Crippen molar-refractivity contribution in [2.75, 3.05) is 13.7 Å². The molecule has 108 valence electrons. The first-order chi connectivity index (χ1) is 9.44. The van der Waals surface area contributed by atoms with E-state index in [0.717, 1.165) is 11.9 Å². The average molecular weight is 277 g/mol. The highest BCUT2D eigenvalue weighted by Gasteiger charge is 2.21. The van der Waals surface area contributed by atoms with Crippen LogP contribution in [0.1, 0.15) is 30.6 Å². The molecule has 0 aliphatic carbocycles. The summed E-state index contributed by atoms with van der Waals surface area (Å²) in [7, 11) is 1.68. The van der Waals surface area contributed by atoms with Crippen molar-refractivity contribution in [3.05, 3.63) is 23.8 Å². The standard InChI is InChI=1S/C14H19N3O3/c1-14(2,7-8-20-3)9-17-11-6-4-5-10(13(18)19)12(11)15-16-17/h4-6H,7-9H2,1-3H3,(H,18,19). The first kappa shape index (κ1) is 14.5. The van der Waals surface area contributed by atoms with Crippen molar-refractivity contribution in [3.63, 3.8) is 0 Å². The molecule has 0 unspecified atom stereocenters. The summed E-state index contributed by atoms with van der Waals surface area (Å²) in [5, 5.41) is 17.2. The summed E-state index contributed by atoms with van der Waals surface area (Å²) in [5.41, 5.74) is 1.36. The number of fused-ring (bicyclic) bond motifs is 1. The molecule has 0 atom stereocenters. The van der Waals surface area contributed by atoms with Crippen LogP contribution in [0.4, 0.5) is 0 Å². The van der Waals surface area contributed by atoms with Crippen molar-refractivity contribution < 1.29 is 14.6 Å². The van der Waals surface area contributed by atoms with Crippen LogP contribution >= 0.6 is 0 Å². The number of hydrogen-bond acceptors (Lipinski definition) is 4. The monoisotopic (exact) mass is 277 g/mol. The third kappa shape index (κ3) is 2.96. The number of rotatable bonds is 6. The largest absolute Gasteiger partial charge is 0.478 e. The number of carbonyl (C=O) groups is 1. The Balaban J connectivity index is 2.32. The number of ether oxygens (including phenoxy) is 1. The zero-order chi connectivity index (χ0) is 14.8. The Morgan fingerprint density at radius 1 is 1.45 bits per heavy atom. The second-order valence-electron chi connectivity index (χ2n) is 5.63. The highest BCUT2D eigenvalue weighted by atomic mass is 16.5. The van der Waals surface area contributed by atoms with Gasteiger partial charge >= 0.3 is 5.97 Å². The summed E-state index contributed by atoms with van der Waals surface area (Å²) in [6.45, 7) is 5.59. The van der Waals surface area contributed by atoms with Gasteiger partial charge in [0.15, 0.2) is 0 Å². The first-order valence-electron chi connectivity index (χ1n) is 6.49. The van der Waals surface area contributed by atoms with Crippen molar-refractivity contribution in [1.29, 1.82) is 0 Å². The second kappa shape index (κ2) is 5.58. The first-order valence-corrected chi connectivity index (χ1v) is 6.49. The number of hydrogen-bond donors (Lipinski definition) is 1. The number of aromatic carboxylic acids is 1. The van der Waals surface area contributed by atoms with E-state index >= 15 is 0 Å². The molecule has 1 N–H and O–H groups in total. The molecule has 1 heterocycles. The molecular formula is C14H19N3O3. The van der Waals surface area contributed by atoms with Crippen LogP contribution in [0, 0.1) is 5.41 Å². The van der Waals surface area contributed by atoms with Crippen LogP contribution in [-0.4, -0.2) is 39.8 Å². The minimum absolute atomic E-state index is 0.00410.